The van der Waals surface area contributed by atoms with Gasteiger partial charge in [0.25, 0.3) is 0 Å². The lowest BCUT2D eigenvalue weighted by molar-refractivity contribution is 1.44. The lowest BCUT2D eigenvalue weighted by Gasteiger charge is -2.03. The molecule has 1 nitrogen and oxygen atoms in total. The van der Waals surface area contributed by atoms with E-state index in [4.69, 9.17) is 0 Å². The number of para-hydroxylation sites is 1. The van der Waals surface area contributed by atoms with Gasteiger partial charge in [-0.3, -0.25) is 0 Å². The van der Waals surface area contributed by atoms with Crippen LogP contribution in [-0.4, -0.2) is 4.98 Å². The molecular formula is C15H13N. The van der Waals surface area contributed by atoms with Crippen LogP contribution in [0, 0.1) is 6.92 Å². The maximum absolute atomic E-state index is 3.31. The molecular weight excluding hydrogens is 194 g/mol. The summed E-state index contributed by atoms with van der Waals surface area (Å²) in [5, 5.41) is 1.29. The van der Waals surface area contributed by atoms with Crippen molar-refractivity contribution in [2.45, 2.75) is 6.92 Å². The SMILES string of the molecule is Cc1ccccc1-c1c[nH]c2ccccc12. The first-order chi connectivity index (χ1) is 7.86. The van der Waals surface area contributed by atoms with Crippen LogP contribution in [0.2, 0.25) is 0 Å². The Balaban J connectivity index is 2.31. The molecule has 16 heavy (non-hydrogen) atoms. The molecule has 3 aromatic rings. The topological polar surface area (TPSA) is 15.8 Å². The van der Waals surface area contributed by atoms with Gasteiger partial charge in [0, 0.05) is 22.7 Å². The molecule has 1 heterocycles. The summed E-state index contributed by atoms with van der Waals surface area (Å²) in [5.41, 5.74) is 5.10. The van der Waals surface area contributed by atoms with E-state index in [1.807, 2.05) is 0 Å². The number of rotatable bonds is 1. The second kappa shape index (κ2) is 3.53. The van der Waals surface area contributed by atoms with Crippen LogP contribution in [0.1, 0.15) is 5.56 Å². The summed E-state index contributed by atoms with van der Waals surface area (Å²) in [6.45, 7) is 2.15. The highest BCUT2D eigenvalue weighted by Crippen LogP contribution is 2.30. The van der Waals surface area contributed by atoms with Crippen molar-refractivity contribution in [2.24, 2.45) is 0 Å². The average molecular weight is 207 g/mol. The summed E-state index contributed by atoms with van der Waals surface area (Å²) < 4.78 is 0. The molecule has 0 atom stereocenters. The number of hydrogen-bond acceptors (Lipinski definition) is 0. The van der Waals surface area contributed by atoms with E-state index in [2.05, 4.69) is 66.6 Å². The molecule has 1 N–H and O–H groups in total. The molecule has 78 valence electrons. The van der Waals surface area contributed by atoms with Crippen LogP contribution in [0.5, 0.6) is 0 Å². The van der Waals surface area contributed by atoms with Gasteiger partial charge >= 0.3 is 0 Å². The molecule has 0 aliphatic rings. The predicted octanol–water partition coefficient (Wildman–Crippen LogP) is 4.14. The van der Waals surface area contributed by atoms with Crippen molar-refractivity contribution >= 4 is 10.9 Å². The van der Waals surface area contributed by atoms with E-state index in [-0.39, 0.29) is 0 Å². The first kappa shape index (κ1) is 9.22. The minimum absolute atomic E-state index is 1.20. The summed E-state index contributed by atoms with van der Waals surface area (Å²) in [7, 11) is 0. The van der Waals surface area contributed by atoms with Crippen LogP contribution in [0.15, 0.2) is 54.7 Å². The van der Waals surface area contributed by atoms with Gasteiger partial charge in [-0.1, -0.05) is 42.5 Å². The molecule has 0 unspecified atom stereocenters. The molecule has 0 saturated carbocycles. The van der Waals surface area contributed by atoms with Crippen LogP contribution in [0.4, 0.5) is 0 Å². The predicted molar refractivity (Wildman–Crippen MR) is 68.5 cm³/mol. The number of aryl methyl sites for hydroxylation is 1. The van der Waals surface area contributed by atoms with Crippen molar-refractivity contribution in [3.63, 3.8) is 0 Å². The van der Waals surface area contributed by atoms with E-state index < -0.39 is 0 Å². The fraction of sp³-hybridized carbons (Fsp3) is 0.0667. The summed E-state index contributed by atoms with van der Waals surface area (Å²) in [6, 6.07) is 16.9. The molecule has 2 aromatic carbocycles. The molecule has 0 aliphatic carbocycles. The summed E-state index contributed by atoms with van der Waals surface area (Å²) in [5.74, 6) is 0. The molecule has 3 rings (SSSR count). The molecule has 0 saturated heterocycles. The Labute approximate surface area is 94.7 Å². The third kappa shape index (κ3) is 1.33. The standard InChI is InChI=1S/C15H13N/c1-11-6-2-3-7-12(11)14-10-16-15-9-5-4-8-13(14)15/h2-10,16H,1H3. The Kier molecular flexibility index (Phi) is 2.03. The molecule has 1 aromatic heterocycles. The number of fused-ring (bicyclic) bond motifs is 1. The van der Waals surface area contributed by atoms with Gasteiger partial charge in [0.15, 0.2) is 0 Å². The van der Waals surface area contributed by atoms with Gasteiger partial charge < -0.3 is 4.98 Å². The van der Waals surface area contributed by atoms with Gasteiger partial charge in [-0.15, -0.1) is 0 Å². The Morgan fingerprint density at radius 3 is 2.44 bits per heavy atom. The highest BCUT2D eigenvalue weighted by Gasteiger charge is 2.06. The van der Waals surface area contributed by atoms with Crippen molar-refractivity contribution in [1.82, 2.24) is 4.98 Å². The summed E-state index contributed by atoms with van der Waals surface area (Å²) >= 11 is 0. The molecule has 0 amide bonds. The van der Waals surface area contributed by atoms with Gasteiger partial charge in [0.1, 0.15) is 0 Å². The summed E-state index contributed by atoms with van der Waals surface area (Å²) in [6.07, 6.45) is 2.09. The number of nitrogens with one attached hydrogen (secondary N) is 1. The maximum atomic E-state index is 3.31. The summed E-state index contributed by atoms with van der Waals surface area (Å²) in [4.78, 5) is 3.31. The highest BCUT2D eigenvalue weighted by atomic mass is 14.7. The smallest absolute Gasteiger partial charge is 0.0460 e. The van der Waals surface area contributed by atoms with Gasteiger partial charge in [-0.05, 0) is 24.1 Å². The lowest BCUT2D eigenvalue weighted by atomic mass is 10.0. The van der Waals surface area contributed by atoms with Crippen molar-refractivity contribution in [2.75, 3.05) is 0 Å². The van der Waals surface area contributed by atoms with E-state index in [1.165, 1.54) is 27.6 Å². The Hall–Kier alpha value is -2.02. The van der Waals surface area contributed by atoms with Crippen molar-refractivity contribution in [3.05, 3.63) is 60.3 Å². The second-order valence-electron chi connectivity index (χ2n) is 4.06. The van der Waals surface area contributed by atoms with Crippen LogP contribution in [0.25, 0.3) is 22.0 Å². The van der Waals surface area contributed by atoms with E-state index in [9.17, 15) is 0 Å². The van der Waals surface area contributed by atoms with Crippen molar-refractivity contribution < 1.29 is 0 Å². The molecule has 0 spiro atoms. The van der Waals surface area contributed by atoms with Crippen molar-refractivity contribution in [1.29, 1.82) is 0 Å². The minimum Gasteiger partial charge on any atom is -0.361 e. The number of benzene rings is 2. The fourth-order valence-corrected chi connectivity index (χ4v) is 2.17. The Morgan fingerprint density at radius 1 is 0.812 bits per heavy atom. The Bertz CT molecular complexity index is 634. The number of H-pyrrole nitrogens is 1. The fourth-order valence-electron chi connectivity index (χ4n) is 2.17. The zero-order valence-corrected chi connectivity index (χ0v) is 9.20. The number of aromatic amines is 1. The monoisotopic (exact) mass is 207 g/mol. The Morgan fingerprint density at radius 2 is 1.56 bits per heavy atom. The van der Waals surface area contributed by atoms with E-state index in [0.717, 1.165) is 0 Å². The van der Waals surface area contributed by atoms with Crippen LogP contribution in [-0.2, 0) is 0 Å². The van der Waals surface area contributed by atoms with Gasteiger partial charge in [-0.2, -0.15) is 0 Å². The van der Waals surface area contributed by atoms with Crippen LogP contribution >= 0.6 is 0 Å². The van der Waals surface area contributed by atoms with E-state index >= 15 is 0 Å². The van der Waals surface area contributed by atoms with Crippen LogP contribution < -0.4 is 0 Å². The normalized spacial score (nSPS) is 10.8. The third-order valence-electron chi connectivity index (χ3n) is 3.02. The zero-order chi connectivity index (χ0) is 11.0. The van der Waals surface area contributed by atoms with Gasteiger partial charge in [-0.25, -0.2) is 0 Å². The lowest BCUT2D eigenvalue weighted by Crippen LogP contribution is -1.80. The molecule has 0 aliphatic heterocycles. The average Bonchev–Trinajstić information content (AvgIpc) is 2.74. The quantitative estimate of drug-likeness (QED) is 0.617. The van der Waals surface area contributed by atoms with E-state index in [0.29, 0.717) is 0 Å². The maximum Gasteiger partial charge on any atom is 0.0460 e. The largest absolute Gasteiger partial charge is 0.361 e. The number of hydrogen-bond donors (Lipinski definition) is 1. The number of aromatic nitrogens is 1. The molecule has 0 radical (unpaired) electrons. The second-order valence-corrected chi connectivity index (χ2v) is 4.06. The van der Waals surface area contributed by atoms with Crippen molar-refractivity contribution in [3.8, 4) is 11.1 Å². The van der Waals surface area contributed by atoms with Crippen LogP contribution in [0.3, 0.4) is 0 Å². The third-order valence-corrected chi connectivity index (χ3v) is 3.02. The molecule has 0 fully saturated rings. The first-order valence-corrected chi connectivity index (χ1v) is 5.48. The minimum atomic E-state index is 1.20. The van der Waals surface area contributed by atoms with Gasteiger partial charge in [0.05, 0.1) is 0 Å². The first-order valence-electron chi connectivity index (χ1n) is 5.48. The molecule has 1 heteroatoms. The zero-order valence-electron chi connectivity index (χ0n) is 9.20. The van der Waals surface area contributed by atoms with Gasteiger partial charge in [0.2, 0.25) is 0 Å². The van der Waals surface area contributed by atoms with E-state index in [1.54, 1.807) is 0 Å². The highest BCUT2D eigenvalue weighted by molar-refractivity contribution is 5.96. The molecule has 0 bridgehead atoms.